The van der Waals surface area contributed by atoms with Crippen LogP contribution in [-0.2, 0) is 4.79 Å². The number of carboxylic acids is 1. The third-order valence-corrected chi connectivity index (χ3v) is 2.75. The third-order valence-electron chi connectivity index (χ3n) is 2.26. The molecule has 76 valence electrons. The number of carboxylic acid groups (broad SMARTS) is 1. The molecule has 0 aromatic heterocycles. The standard InChI is InChI=1S/C11H13ClO2/c1-2-9(10(12)11(13)14)8-6-4-3-5-7-8/h3-7,9-10H,2H2,1H3,(H,13,14)/t9-,10-/m0/s1. The number of benzene rings is 1. The van der Waals surface area contributed by atoms with Crippen LogP contribution in [0.2, 0.25) is 0 Å². The number of aliphatic carboxylic acids is 1. The molecule has 0 saturated heterocycles. The molecule has 1 N–H and O–H groups in total. The molecule has 2 nitrogen and oxygen atoms in total. The van der Waals surface area contributed by atoms with Gasteiger partial charge in [0.05, 0.1) is 0 Å². The van der Waals surface area contributed by atoms with E-state index in [9.17, 15) is 4.79 Å². The van der Waals surface area contributed by atoms with E-state index >= 15 is 0 Å². The predicted molar refractivity (Wildman–Crippen MR) is 56.8 cm³/mol. The minimum absolute atomic E-state index is 0.115. The summed E-state index contributed by atoms with van der Waals surface area (Å²) in [6.45, 7) is 1.94. The Hall–Kier alpha value is -1.02. The van der Waals surface area contributed by atoms with Gasteiger partial charge < -0.3 is 5.11 Å². The summed E-state index contributed by atoms with van der Waals surface area (Å²) in [5, 5.41) is 7.97. The lowest BCUT2D eigenvalue weighted by molar-refractivity contribution is -0.137. The summed E-state index contributed by atoms with van der Waals surface area (Å²) >= 11 is 5.82. The molecule has 1 rings (SSSR count). The van der Waals surface area contributed by atoms with E-state index in [1.807, 2.05) is 37.3 Å². The lowest BCUT2D eigenvalue weighted by Gasteiger charge is -2.17. The van der Waals surface area contributed by atoms with Crippen LogP contribution in [0.1, 0.15) is 24.8 Å². The highest BCUT2D eigenvalue weighted by Crippen LogP contribution is 2.26. The molecule has 0 amide bonds. The molecule has 1 aromatic carbocycles. The monoisotopic (exact) mass is 212 g/mol. The third kappa shape index (κ3) is 2.48. The van der Waals surface area contributed by atoms with Crippen LogP contribution in [0.4, 0.5) is 0 Å². The molecule has 3 heteroatoms. The first-order chi connectivity index (χ1) is 6.66. The van der Waals surface area contributed by atoms with E-state index in [0.717, 1.165) is 12.0 Å². The average Bonchev–Trinajstić information content (AvgIpc) is 2.20. The Balaban J connectivity index is 2.87. The van der Waals surface area contributed by atoms with E-state index < -0.39 is 11.3 Å². The quantitative estimate of drug-likeness (QED) is 0.780. The van der Waals surface area contributed by atoms with Gasteiger partial charge in [0.2, 0.25) is 0 Å². The Morgan fingerprint density at radius 2 is 2.00 bits per heavy atom. The van der Waals surface area contributed by atoms with Gasteiger partial charge in [-0.2, -0.15) is 0 Å². The first-order valence-electron chi connectivity index (χ1n) is 4.58. The summed E-state index contributed by atoms with van der Waals surface area (Å²) in [6.07, 6.45) is 0.727. The average molecular weight is 213 g/mol. The molecule has 0 heterocycles. The second-order valence-corrected chi connectivity index (χ2v) is 3.64. The van der Waals surface area contributed by atoms with Crippen LogP contribution in [0.3, 0.4) is 0 Å². The van der Waals surface area contributed by atoms with Gasteiger partial charge in [-0.05, 0) is 12.0 Å². The lowest BCUT2D eigenvalue weighted by Crippen LogP contribution is -2.21. The van der Waals surface area contributed by atoms with Crippen LogP contribution >= 0.6 is 11.6 Å². The SMILES string of the molecule is CC[C@@H](c1ccccc1)[C@H](Cl)C(=O)O. The fourth-order valence-electron chi connectivity index (χ4n) is 1.48. The van der Waals surface area contributed by atoms with Crippen LogP contribution in [0, 0.1) is 0 Å². The highest BCUT2D eigenvalue weighted by atomic mass is 35.5. The summed E-state index contributed by atoms with van der Waals surface area (Å²) in [7, 11) is 0. The molecule has 14 heavy (non-hydrogen) atoms. The smallest absolute Gasteiger partial charge is 0.322 e. The number of alkyl halides is 1. The van der Waals surface area contributed by atoms with Gasteiger partial charge in [-0.25, -0.2) is 0 Å². The Kier molecular flexibility index (Phi) is 3.96. The summed E-state index contributed by atoms with van der Waals surface area (Å²) in [6, 6.07) is 9.51. The van der Waals surface area contributed by atoms with Crippen molar-refractivity contribution in [3.05, 3.63) is 35.9 Å². The molecule has 0 bridgehead atoms. The van der Waals surface area contributed by atoms with Crippen molar-refractivity contribution in [1.29, 1.82) is 0 Å². The molecule has 0 unspecified atom stereocenters. The van der Waals surface area contributed by atoms with E-state index in [2.05, 4.69) is 0 Å². The van der Waals surface area contributed by atoms with Crippen molar-refractivity contribution in [1.82, 2.24) is 0 Å². The molecule has 0 aliphatic rings. The lowest BCUT2D eigenvalue weighted by atomic mass is 9.93. The molecule has 0 fully saturated rings. The minimum Gasteiger partial charge on any atom is -0.480 e. The van der Waals surface area contributed by atoms with Gasteiger partial charge in [0.1, 0.15) is 5.38 Å². The number of hydrogen-bond acceptors (Lipinski definition) is 1. The first kappa shape index (κ1) is 11.1. The van der Waals surface area contributed by atoms with Gasteiger partial charge >= 0.3 is 5.97 Å². The highest BCUT2D eigenvalue weighted by molar-refractivity contribution is 6.30. The Morgan fingerprint density at radius 1 is 1.43 bits per heavy atom. The summed E-state index contributed by atoms with van der Waals surface area (Å²) < 4.78 is 0. The summed E-state index contributed by atoms with van der Waals surface area (Å²) in [5.41, 5.74) is 0.984. The highest BCUT2D eigenvalue weighted by Gasteiger charge is 2.25. The van der Waals surface area contributed by atoms with Crippen molar-refractivity contribution in [2.45, 2.75) is 24.6 Å². The molecule has 0 saturated carbocycles. The number of hydrogen-bond donors (Lipinski definition) is 1. The number of rotatable bonds is 4. The van der Waals surface area contributed by atoms with Crippen molar-refractivity contribution in [3.63, 3.8) is 0 Å². The second-order valence-electron chi connectivity index (χ2n) is 3.17. The summed E-state index contributed by atoms with van der Waals surface area (Å²) in [4.78, 5) is 10.7. The number of halogens is 1. The Labute approximate surface area is 88.5 Å². The van der Waals surface area contributed by atoms with Gasteiger partial charge in [0.25, 0.3) is 0 Å². The molecule has 0 radical (unpaired) electrons. The Bertz CT molecular complexity index is 297. The largest absolute Gasteiger partial charge is 0.480 e. The van der Waals surface area contributed by atoms with Crippen LogP contribution in [0.25, 0.3) is 0 Å². The zero-order chi connectivity index (χ0) is 10.6. The first-order valence-corrected chi connectivity index (χ1v) is 5.02. The maximum absolute atomic E-state index is 10.7. The predicted octanol–water partition coefficient (Wildman–Crippen LogP) is 2.87. The molecule has 0 spiro atoms. The van der Waals surface area contributed by atoms with Crippen molar-refractivity contribution < 1.29 is 9.90 Å². The van der Waals surface area contributed by atoms with Crippen molar-refractivity contribution in [2.75, 3.05) is 0 Å². The van der Waals surface area contributed by atoms with E-state index in [1.54, 1.807) is 0 Å². The van der Waals surface area contributed by atoms with Gasteiger partial charge in [-0.3, -0.25) is 4.79 Å². The molecule has 0 aliphatic heterocycles. The van der Waals surface area contributed by atoms with Gasteiger partial charge in [-0.15, -0.1) is 11.6 Å². The molecular formula is C11H13ClO2. The summed E-state index contributed by atoms with van der Waals surface area (Å²) in [5.74, 6) is -1.07. The minimum atomic E-state index is -0.956. The van der Waals surface area contributed by atoms with Crippen LogP contribution in [0.5, 0.6) is 0 Å². The van der Waals surface area contributed by atoms with Gasteiger partial charge in [0, 0.05) is 5.92 Å². The molecule has 2 atom stereocenters. The number of carbonyl (C=O) groups is 1. The topological polar surface area (TPSA) is 37.3 Å². The maximum atomic E-state index is 10.7. The fourth-order valence-corrected chi connectivity index (χ4v) is 1.81. The molecule has 1 aromatic rings. The van der Waals surface area contributed by atoms with E-state index in [-0.39, 0.29) is 5.92 Å². The van der Waals surface area contributed by atoms with Crippen molar-refractivity contribution in [2.24, 2.45) is 0 Å². The zero-order valence-corrected chi connectivity index (χ0v) is 8.74. The molecular weight excluding hydrogens is 200 g/mol. The van der Waals surface area contributed by atoms with Gasteiger partial charge in [0.15, 0.2) is 0 Å². The van der Waals surface area contributed by atoms with Gasteiger partial charge in [-0.1, -0.05) is 37.3 Å². The van der Waals surface area contributed by atoms with Crippen molar-refractivity contribution >= 4 is 17.6 Å². The normalized spacial score (nSPS) is 14.7. The Morgan fingerprint density at radius 3 is 2.43 bits per heavy atom. The van der Waals surface area contributed by atoms with E-state index in [4.69, 9.17) is 16.7 Å². The zero-order valence-electron chi connectivity index (χ0n) is 7.98. The maximum Gasteiger partial charge on any atom is 0.322 e. The van der Waals surface area contributed by atoms with Crippen LogP contribution in [0.15, 0.2) is 30.3 Å². The van der Waals surface area contributed by atoms with E-state index in [1.165, 1.54) is 0 Å². The molecule has 0 aliphatic carbocycles. The van der Waals surface area contributed by atoms with Crippen molar-refractivity contribution in [3.8, 4) is 0 Å². The van der Waals surface area contributed by atoms with Crippen LogP contribution < -0.4 is 0 Å². The second kappa shape index (κ2) is 5.01. The fraction of sp³-hybridized carbons (Fsp3) is 0.364. The van der Waals surface area contributed by atoms with E-state index in [0.29, 0.717) is 0 Å². The van der Waals surface area contributed by atoms with Crippen LogP contribution in [-0.4, -0.2) is 16.5 Å².